The molecule has 0 saturated carbocycles. The van der Waals surface area contributed by atoms with Crippen molar-refractivity contribution >= 4 is 5.82 Å². The van der Waals surface area contributed by atoms with Crippen LogP contribution in [-0.2, 0) is 0 Å². The van der Waals surface area contributed by atoms with Crippen molar-refractivity contribution < 1.29 is 0 Å². The van der Waals surface area contributed by atoms with Crippen LogP contribution in [0, 0.1) is 13.3 Å². The predicted molar refractivity (Wildman–Crippen MR) is 30.0 cm³/mol. The molecule has 0 amide bonds. The topological polar surface area (TPSA) is 51.8 Å². The lowest BCUT2D eigenvalue weighted by atomic mass is 10.4. The van der Waals surface area contributed by atoms with E-state index in [0.29, 0.717) is 5.82 Å². The van der Waals surface area contributed by atoms with Gasteiger partial charge in [-0.25, -0.2) is 9.97 Å². The monoisotopic (exact) mass is 108 g/mol. The van der Waals surface area contributed by atoms with Gasteiger partial charge < -0.3 is 5.73 Å². The summed E-state index contributed by atoms with van der Waals surface area (Å²) in [7, 11) is 0. The van der Waals surface area contributed by atoms with E-state index >= 15 is 0 Å². The molecule has 0 spiro atoms. The lowest BCUT2D eigenvalue weighted by Gasteiger charge is -1.88. The molecule has 0 aliphatic carbocycles. The van der Waals surface area contributed by atoms with Gasteiger partial charge in [-0.05, 0) is 6.92 Å². The highest BCUT2D eigenvalue weighted by atomic mass is 14.9. The van der Waals surface area contributed by atoms with Crippen LogP contribution in [0.2, 0.25) is 0 Å². The Morgan fingerprint density at radius 1 is 1.62 bits per heavy atom. The molecular formula is C5H6N3. The van der Waals surface area contributed by atoms with Gasteiger partial charge in [0, 0.05) is 11.8 Å². The Morgan fingerprint density at radius 3 is 2.75 bits per heavy atom. The van der Waals surface area contributed by atoms with Gasteiger partial charge in [-0.2, -0.15) is 0 Å². The van der Waals surface area contributed by atoms with Crippen LogP contribution >= 0.6 is 0 Å². The first-order valence-electron chi connectivity index (χ1n) is 2.26. The van der Waals surface area contributed by atoms with Gasteiger partial charge in [0.2, 0.25) is 0 Å². The smallest absolute Gasteiger partial charge is 0.199 e. The van der Waals surface area contributed by atoms with Crippen molar-refractivity contribution in [3.8, 4) is 0 Å². The van der Waals surface area contributed by atoms with Crippen molar-refractivity contribution in [3.63, 3.8) is 0 Å². The minimum atomic E-state index is 0.470. The largest absolute Gasteiger partial charge is 0.384 e. The second-order valence-corrected chi connectivity index (χ2v) is 1.53. The molecule has 1 aromatic heterocycles. The molecule has 1 rings (SSSR count). The number of nitrogens with two attached hydrogens (primary N) is 1. The van der Waals surface area contributed by atoms with E-state index in [1.165, 1.54) is 0 Å². The van der Waals surface area contributed by atoms with Crippen molar-refractivity contribution in [2.45, 2.75) is 6.92 Å². The Balaban J connectivity index is 3.08. The van der Waals surface area contributed by atoms with Crippen LogP contribution in [0.15, 0.2) is 6.07 Å². The number of nitrogens with zero attached hydrogens (tertiary/aromatic N) is 2. The number of nitrogen functional groups attached to an aromatic ring is 1. The van der Waals surface area contributed by atoms with Gasteiger partial charge in [0.25, 0.3) is 0 Å². The van der Waals surface area contributed by atoms with Crippen LogP contribution in [-0.4, -0.2) is 9.97 Å². The molecule has 0 bridgehead atoms. The molecule has 1 radical (unpaired) electrons. The third-order valence-corrected chi connectivity index (χ3v) is 0.762. The number of hydrogen-bond donors (Lipinski definition) is 1. The van der Waals surface area contributed by atoms with E-state index in [4.69, 9.17) is 5.73 Å². The number of aryl methyl sites for hydroxylation is 1. The number of aromatic nitrogens is 2. The molecule has 0 fully saturated rings. The fraction of sp³-hybridized carbons (Fsp3) is 0.200. The minimum Gasteiger partial charge on any atom is -0.384 e. The molecule has 3 heteroatoms. The highest BCUT2D eigenvalue weighted by Crippen LogP contribution is 1.93. The molecule has 0 aliphatic heterocycles. The molecule has 8 heavy (non-hydrogen) atoms. The summed E-state index contributed by atoms with van der Waals surface area (Å²) in [5.41, 5.74) is 6.12. The van der Waals surface area contributed by atoms with Crippen LogP contribution in [0.1, 0.15) is 5.69 Å². The lowest BCUT2D eigenvalue weighted by Crippen LogP contribution is -1.91. The number of hydrogen-bond acceptors (Lipinski definition) is 3. The van der Waals surface area contributed by atoms with E-state index in [0.717, 1.165) is 5.69 Å². The zero-order valence-electron chi connectivity index (χ0n) is 4.55. The molecular weight excluding hydrogens is 102 g/mol. The van der Waals surface area contributed by atoms with Crippen LogP contribution in [0.3, 0.4) is 0 Å². The Labute approximate surface area is 47.6 Å². The van der Waals surface area contributed by atoms with Gasteiger partial charge in [0.05, 0.1) is 0 Å². The van der Waals surface area contributed by atoms with Crippen LogP contribution in [0.4, 0.5) is 5.82 Å². The lowest BCUT2D eigenvalue weighted by molar-refractivity contribution is 1.09. The second kappa shape index (κ2) is 1.78. The molecule has 0 unspecified atom stereocenters. The van der Waals surface area contributed by atoms with E-state index in [2.05, 4.69) is 16.3 Å². The maximum atomic E-state index is 5.28. The van der Waals surface area contributed by atoms with Crippen LogP contribution < -0.4 is 5.73 Å². The fourth-order valence-electron chi connectivity index (χ4n) is 0.440. The predicted octanol–water partition coefficient (Wildman–Crippen LogP) is 0.167. The Bertz CT molecular complexity index is 168. The molecule has 0 atom stereocenters. The van der Waals surface area contributed by atoms with Crippen LogP contribution in [0.5, 0.6) is 0 Å². The zero-order chi connectivity index (χ0) is 5.98. The maximum absolute atomic E-state index is 5.28. The summed E-state index contributed by atoms with van der Waals surface area (Å²) >= 11 is 0. The molecule has 2 N–H and O–H groups in total. The maximum Gasteiger partial charge on any atom is 0.199 e. The first-order chi connectivity index (χ1) is 3.79. The van der Waals surface area contributed by atoms with Gasteiger partial charge >= 0.3 is 0 Å². The van der Waals surface area contributed by atoms with Crippen molar-refractivity contribution in [2.75, 3.05) is 5.73 Å². The molecule has 0 aliphatic rings. The van der Waals surface area contributed by atoms with Gasteiger partial charge in [-0.1, -0.05) is 0 Å². The fourth-order valence-corrected chi connectivity index (χ4v) is 0.440. The summed E-state index contributed by atoms with van der Waals surface area (Å²) < 4.78 is 0. The third-order valence-electron chi connectivity index (χ3n) is 0.762. The number of anilines is 1. The Morgan fingerprint density at radius 2 is 2.38 bits per heavy atom. The van der Waals surface area contributed by atoms with Crippen molar-refractivity contribution in [1.29, 1.82) is 0 Å². The molecule has 0 saturated heterocycles. The van der Waals surface area contributed by atoms with Crippen molar-refractivity contribution in [3.05, 3.63) is 18.1 Å². The Kier molecular flexibility index (Phi) is 1.12. The van der Waals surface area contributed by atoms with E-state index in [9.17, 15) is 0 Å². The summed E-state index contributed by atoms with van der Waals surface area (Å²) in [5, 5.41) is 0. The zero-order valence-corrected chi connectivity index (χ0v) is 4.55. The third kappa shape index (κ3) is 0.932. The highest BCUT2D eigenvalue weighted by Gasteiger charge is 1.84. The quantitative estimate of drug-likeness (QED) is 0.515. The molecule has 1 heterocycles. The first kappa shape index (κ1) is 5.03. The van der Waals surface area contributed by atoms with Crippen molar-refractivity contribution in [1.82, 2.24) is 9.97 Å². The standard InChI is InChI=1S/C5H6N3/c1-4-2-5(6)8-3-7-4/h2H,1H3,(H2,6,7,8). The van der Waals surface area contributed by atoms with E-state index < -0.39 is 0 Å². The summed E-state index contributed by atoms with van der Waals surface area (Å²) in [6.45, 7) is 1.84. The van der Waals surface area contributed by atoms with Crippen molar-refractivity contribution in [2.24, 2.45) is 0 Å². The van der Waals surface area contributed by atoms with E-state index in [1.54, 1.807) is 6.07 Å². The van der Waals surface area contributed by atoms with E-state index in [-0.39, 0.29) is 0 Å². The highest BCUT2D eigenvalue weighted by molar-refractivity contribution is 5.26. The van der Waals surface area contributed by atoms with Gasteiger partial charge in [-0.3, -0.25) is 0 Å². The average Bonchev–Trinajstić information content (AvgIpc) is 1.64. The normalized spacial score (nSPS) is 9.12. The second-order valence-electron chi connectivity index (χ2n) is 1.53. The first-order valence-corrected chi connectivity index (χ1v) is 2.26. The number of rotatable bonds is 0. The average molecular weight is 108 g/mol. The molecule has 0 aromatic carbocycles. The molecule has 1 aromatic rings. The summed E-state index contributed by atoms with van der Waals surface area (Å²) in [4.78, 5) is 7.31. The summed E-state index contributed by atoms with van der Waals surface area (Å²) in [6.07, 6.45) is 2.40. The Hall–Kier alpha value is -1.12. The summed E-state index contributed by atoms with van der Waals surface area (Å²) in [6, 6.07) is 1.69. The van der Waals surface area contributed by atoms with Gasteiger partial charge in [0.1, 0.15) is 5.82 Å². The van der Waals surface area contributed by atoms with Gasteiger partial charge in [0.15, 0.2) is 6.33 Å². The summed E-state index contributed by atoms with van der Waals surface area (Å²) in [5.74, 6) is 0.470. The molecule has 41 valence electrons. The minimum absolute atomic E-state index is 0.470. The SMILES string of the molecule is Cc1cc(N)n[c]n1. The van der Waals surface area contributed by atoms with E-state index in [1.807, 2.05) is 6.92 Å². The van der Waals surface area contributed by atoms with Crippen LogP contribution in [0.25, 0.3) is 0 Å². The molecule has 3 nitrogen and oxygen atoms in total. The van der Waals surface area contributed by atoms with Gasteiger partial charge in [-0.15, -0.1) is 0 Å².